The number of nitrogens with one attached hydrogen (secondary N) is 1. The highest BCUT2D eigenvalue weighted by Crippen LogP contribution is 2.29. The zero-order chi connectivity index (χ0) is 32.4. The number of benzene rings is 4. The zero-order valence-corrected chi connectivity index (χ0v) is 26.8. The van der Waals surface area contributed by atoms with Crippen LogP contribution in [0.1, 0.15) is 16.1 Å². The summed E-state index contributed by atoms with van der Waals surface area (Å²) in [5, 5.41) is 3.27. The lowest BCUT2D eigenvalue weighted by Gasteiger charge is -2.29. The van der Waals surface area contributed by atoms with E-state index in [4.69, 9.17) is 9.47 Å². The third-order valence-corrected chi connectivity index (χ3v) is 8.36. The Morgan fingerprint density at radius 1 is 0.766 bits per heavy atom. The number of carbonyl (C=O) groups excluding carboxylic acids is 1. The van der Waals surface area contributed by atoms with Gasteiger partial charge in [0, 0.05) is 50.5 Å². The molecule has 9 heteroatoms. The summed E-state index contributed by atoms with van der Waals surface area (Å²) in [5.41, 5.74) is 3.96. The van der Waals surface area contributed by atoms with Crippen molar-refractivity contribution in [3.05, 3.63) is 131 Å². The molecule has 2 aliphatic heterocycles. The van der Waals surface area contributed by atoms with Crippen LogP contribution in [0.2, 0.25) is 0 Å². The van der Waals surface area contributed by atoms with Gasteiger partial charge in [-0.05, 0) is 55.1 Å². The fraction of sp³-hybridized carbons (Fsp3) is 0.263. The first-order valence-corrected chi connectivity index (χ1v) is 16.1. The summed E-state index contributed by atoms with van der Waals surface area (Å²) in [4.78, 5) is 31.3. The minimum Gasteiger partial charge on any atom is -0.457 e. The number of morpholine rings is 1. The SMILES string of the molecule is CN1CCNCC1.O=Cc1c(-c2ccccc2)n(-c2cccc(N3CCOCC3)c2)c(=O)n1Cc1cccc(Oc2ccccc2)c1. The summed E-state index contributed by atoms with van der Waals surface area (Å²) >= 11 is 0. The Kier molecular flexibility index (Phi) is 10.6. The minimum atomic E-state index is -0.283. The lowest BCUT2D eigenvalue weighted by atomic mass is 10.1. The van der Waals surface area contributed by atoms with E-state index in [0.717, 1.165) is 55.0 Å². The van der Waals surface area contributed by atoms with Crippen molar-refractivity contribution < 1.29 is 14.3 Å². The number of carbonyl (C=O) groups is 1. The number of hydrogen-bond donors (Lipinski definition) is 1. The molecular formula is C38H41N5O4. The van der Waals surface area contributed by atoms with Crippen molar-refractivity contribution in [3.63, 3.8) is 0 Å². The van der Waals surface area contributed by atoms with Gasteiger partial charge in [-0.25, -0.2) is 4.79 Å². The summed E-state index contributed by atoms with van der Waals surface area (Å²) in [6, 6.07) is 34.6. The van der Waals surface area contributed by atoms with Gasteiger partial charge in [-0.3, -0.25) is 13.9 Å². The molecule has 1 N–H and O–H groups in total. The molecule has 5 aromatic rings. The van der Waals surface area contributed by atoms with E-state index in [9.17, 15) is 9.59 Å². The molecule has 0 spiro atoms. The molecule has 0 unspecified atom stereocenters. The smallest absolute Gasteiger partial charge is 0.334 e. The van der Waals surface area contributed by atoms with Crippen molar-refractivity contribution in [2.24, 2.45) is 0 Å². The number of aromatic nitrogens is 2. The molecule has 2 saturated heterocycles. The summed E-state index contributed by atoms with van der Waals surface area (Å²) in [6.07, 6.45) is 0.774. The summed E-state index contributed by atoms with van der Waals surface area (Å²) in [6.45, 7) is 7.86. The van der Waals surface area contributed by atoms with E-state index in [0.29, 0.717) is 36.0 Å². The number of anilines is 1. The van der Waals surface area contributed by atoms with E-state index in [2.05, 4.69) is 22.2 Å². The Morgan fingerprint density at radius 3 is 2.11 bits per heavy atom. The average molecular weight is 632 g/mol. The van der Waals surface area contributed by atoms with Gasteiger partial charge in [0.05, 0.1) is 31.1 Å². The molecule has 242 valence electrons. The second kappa shape index (κ2) is 15.6. The summed E-state index contributed by atoms with van der Waals surface area (Å²) in [5.74, 6) is 1.38. The van der Waals surface area contributed by atoms with Crippen molar-refractivity contribution in [2.75, 3.05) is 64.4 Å². The average Bonchev–Trinajstić information content (AvgIpc) is 3.40. The third-order valence-electron chi connectivity index (χ3n) is 8.36. The molecule has 4 aromatic carbocycles. The molecule has 0 radical (unpaired) electrons. The molecular weight excluding hydrogens is 590 g/mol. The van der Waals surface area contributed by atoms with Gasteiger partial charge in [0.1, 0.15) is 17.2 Å². The van der Waals surface area contributed by atoms with Gasteiger partial charge < -0.3 is 24.6 Å². The van der Waals surface area contributed by atoms with E-state index < -0.39 is 0 Å². The minimum absolute atomic E-state index is 0.217. The number of likely N-dealkylation sites (N-methyl/N-ethyl adjacent to an activating group) is 1. The van der Waals surface area contributed by atoms with Gasteiger partial charge >= 0.3 is 5.69 Å². The molecule has 0 bridgehead atoms. The van der Waals surface area contributed by atoms with E-state index >= 15 is 0 Å². The van der Waals surface area contributed by atoms with Gasteiger partial charge in [0.25, 0.3) is 0 Å². The van der Waals surface area contributed by atoms with Crippen molar-refractivity contribution in [2.45, 2.75) is 6.54 Å². The number of aldehydes is 1. The van der Waals surface area contributed by atoms with Crippen LogP contribution in [0.4, 0.5) is 5.69 Å². The number of hydrogen-bond acceptors (Lipinski definition) is 7. The van der Waals surface area contributed by atoms with E-state index in [1.54, 1.807) is 9.13 Å². The predicted octanol–water partition coefficient (Wildman–Crippen LogP) is 5.32. The largest absolute Gasteiger partial charge is 0.457 e. The van der Waals surface area contributed by atoms with Crippen molar-refractivity contribution in [1.29, 1.82) is 0 Å². The lowest BCUT2D eigenvalue weighted by Crippen LogP contribution is -2.40. The maximum absolute atomic E-state index is 14.1. The second-order valence-corrected chi connectivity index (χ2v) is 11.7. The number of piperazine rings is 1. The first-order valence-electron chi connectivity index (χ1n) is 16.1. The van der Waals surface area contributed by atoms with E-state index in [1.165, 1.54) is 13.1 Å². The van der Waals surface area contributed by atoms with Crippen LogP contribution in [0.3, 0.4) is 0 Å². The summed E-state index contributed by atoms with van der Waals surface area (Å²) in [7, 11) is 2.15. The van der Waals surface area contributed by atoms with Gasteiger partial charge in [-0.2, -0.15) is 0 Å². The molecule has 2 aliphatic rings. The standard InChI is InChI=1S/C33H29N3O4.C5H12N2/c37-24-31-32(26-10-3-1-4-11-26)36(28-13-8-12-27(22-28)34-17-19-39-20-18-34)33(38)35(31)23-25-9-7-16-30(21-25)40-29-14-5-2-6-15-29;1-7-4-2-6-3-5-7/h1-16,21-22,24H,17-20,23H2;6H,2-5H2,1H3. The lowest BCUT2D eigenvalue weighted by molar-refractivity contribution is 0.111. The maximum Gasteiger partial charge on any atom is 0.334 e. The number of imidazole rings is 1. The molecule has 9 nitrogen and oxygen atoms in total. The van der Waals surface area contributed by atoms with Crippen LogP contribution in [0.25, 0.3) is 16.9 Å². The molecule has 1 aromatic heterocycles. The van der Waals surface area contributed by atoms with Crippen LogP contribution in [0, 0.1) is 0 Å². The highest BCUT2D eigenvalue weighted by atomic mass is 16.5. The highest BCUT2D eigenvalue weighted by Gasteiger charge is 2.23. The van der Waals surface area contributed by atoms with Crippen LogP contribution in [-0.4, -0.2) is 79.9 Å². The van der Waals surface area contributed by atoms with Gasteiger partial charge in [-0.1, -0.05) is 66.7 Å². The number of para-hydroxylation sites is 1. The van der Waals surface area contributed by atoms with Crippen LogP contribution >= 0.6 is 0 Å². The van der Waals surface area contributed by atoms with Gasteiger partial charge in [0.2, 0.25) is 0 Å². The van der Waals surface area contributed by atoms with Crippen LogP contribution in [0.15, 0.2) is 114 Å². The maximum atomic E-state index is 14.1. The fourth-order valence-electron chi connectivity index (χ4n) is 5.89. The molecule has 7 rings (SSSR count). The quantitative estimate of drug-likeness (QED) is 0.232. The third kappa shape index (κ3) is 7.89. The van der Waals surface area contributed by atoms with Gasteiger partial charge in [0.15, 0.2) is 6.29 Å². The van der Waals surface area contributed by atoms with Gasteiger partial charge in [-0.15, -0.1) is 0 Å². The Labute approximate surface area is 275 Å². The van der Waals surface area contributed by atoms with Crippen molar-refractivity contribution >= 4 is 12.0 Å². The fourth-order valence-corrected chi connectivity index (χ4v) is 5.89. The summed E-state index contributed by atoms with van der Waals surface area (Å²) < 4.78 is 14.7. The molecule has 0 amide bonds. The first-order chi connectivity index (χ1) is 23.1. The number of ether oxygens (including phenoxy) is 2. The second-order valence-electron chi connectivity index (χ2n) is 11.7. The molecule has 0 saturated carbocycles. The highest BCUT2D eigenvalue weighted by molar-refractivity contribution is 5.85. The molecule has 0 atom stereocenters. The Balaban J connectivity index is 0.000000491. The molecule has 47 heavy (non-hydrogen) atoms. The van der Waals surface area contributed by atoms with Crippen molar-refractivity contribution in [1.82, 2.24) is 19.4 Å². The Hall–Kier alpha value is -4.96. The van der Waals surface area contributed by atoms with Crippen molar-refractivity contribution in [3.8, 4) is 28.4 Å². The topological polar surface area (TPSA) is 81.0 Å². The zero-order valence-electron chi connectivity index (χ0n) is 26.8. The van der Waals surface area contributed by atoms with Crippen LogP contribution in [-0.2, 0) is 11.3 Å². The molecule has 0 aliphatic carbocycles. The van der Waals surface area contributed by atoms with Crippen LogP contribution in [0.5, 0.6) is 11.5 Å². The Bertz CT molecular complexity index is 1810. The van der Waals surface area contributed by atoms with E-state index in [1.807, 2.05) is 109 Å². The van der Waals surface area contributed by atoms with Crippen LogP contribution < -0.4 is 20.6 Å². The molecule has 3 heterocycles. The predicted molar refractivity (Wildman–Crippen MR) is 186 cm³/mol. The molecule has 2 fully saturated rings. The Morgan fingerprint density at radius 2 is 1.43 bits per heavy atom. The van der Waals surface area contributed by atoms with E-state index in [-0.39, 0.29) is 12.2 Å². The first kappa shape index (κ1) is 32.0. The normalized spacial score (nSPS) is 15.0. The monoisotopic (exact) mass is 631 g/mol. The number of nitrogens with zero attached hydrogens (tertiary/aromatic N) is 4. The number of rotatable bonds is 8.